The topological polar surface area (TPSA) is 60.5 Å². The van der Waals surface area contributed by atoms with Crippen LogP contribution in [0.15, 0.2) is 18.2 Å². The molecule has 0 saturated heterocycles. The second-order valence-electron chi connectivity index (χ2n) is 6.96. The van der Waals surface area contributed by atoms with Crippen LogP contribution in [-0.2, 0) is 6.42 Å². The SMILES string of the molecule is CC(C)Cc1ccc(B(O)O)c([N+](=O)CC(C)(C)C)c1. The molecule has 0 fully saturated rings. The average Bonchev–Trinajstić information content (AvgIpc) is 2.25. The lowest BCUT2D eigenvalue weighted by Crippen LogP contribution is -2.34. The number of hydrogen-bond acceptors (Lipinski definition) is 3. The summed E-state index contributed by atoms with van der Waals surface area (Å²) in [5.74, 6) is 0.482. The fraction of sp³-hybridized carbons (Fsp3) is 0.600. The van der Waals surface area contributed by atoms with Gasteiger partial charge in [0.1, 0.15) is 0 Å². The summed E-state index contributed by atoms with van der Waals surface area (Å²) in [5, 5.41) is 18.8. The van der Waals surface area contributed by atoms with Gasteiger partial charge in [0.05, 0.1) is 5.46 Å². The third-order valence-electron chi connectivity index (χ3n) is 2.90. The normalized spacial score (nSPS) is 11.8. The van der Waals surface area contributed by atoms with Crippen molar-refractivity contribution in [2.24, 2.45) is 11.3 Å². The summed E-state index contributed by atoms with van der Waals surface area (Å²) in [5.41, 5.74) is 1.49. The Morgan fingerprint density at radius 2 is 1.85 bits per heavy atom. The molecule has 0 spiro atoms. The second-order valence-corrected chi connectivity index (χ2v) is 6.96. The predicted octanol–water partition coefficient (Wildman–Crippen LogP) is 2.02. The highest BCUT2D eigenvalue weighted by Gasteiger charge is 2.30. The number of nitroso groups, excluding NO2 is 1. The Morgan fingerprint density at radius 3 is 2.30 bits per heavy atom. The summed E-state index contributed by atoms with van der Waals surface area (Å²) in [6.45, 7) is 10.5. The fourth-order valence-electron chi connectivity index (χ4n) is 2.14. The Labute approximate surface area is 121 Å². The lowest BCUT2D eigenvalue weighted by atomic mass is 9.78. The highest BCUT2D eigenvalue weighted by molar-refractivity contribution is 6.60. The van der Waals surface area contributed by atoms with Crippen molar-refractivity contribution in [2.45, 2.75) is 41.0 Å². The lowest BCUT2D eigenvalue weighted by molar-refractivity contribution is -0.477. The second kappa shape index (κ2) is 6.50. The molecule has 2 N–H and O–H groups in total. The molecule has 0 atom stereocenters. The van der Waals surface area contributed by atoms with Crippen LogP contribution in [0.2, 0.25) is 0 Å². The van der Waals surface area contributed by atoms with E-state index in [1.54, 1.807) is 12.1 Å². The number of rotatable bonds is 5. The first kappa shape index (κ1) is 16.9. The van der Waals surface area contributed by atoms with Crippen LogP contribution in [0.25, 0.3) is 0 Å². The summed E-state index contributed by atoms with van der Waals surface area (Å²) < 4.78 is 0.860. The van der Waals surface area contributed by atoms with Crippen molar-refractivity contribution in [3.8, 4) is 0 Å². The first-order valence-electron chi connectivity index (χ1n) is 7.04. The summed E-state index contributed by atoms with van der Waals surface area (Å²) in [6, 6.07) is 5.25. The van der Waals surface area contributed by atoms with E-state index in [2.05, 4.69) is 13.8 Å². The number of benzene rings is 1. The highest BCUT2D eigenvalue weighted by atomic mass is 16.4. The summed E-state index contributed by atoms with van der Waals surface area (Å²) in [7, 11) is -1.63. The van der Waals surface area contributed by atoms with E-state index >= 15 is 0 Å². The Balaban J connectivity index is 3.15. The molecule has 20 heavy (non-hydrogen) atoms. The van der Waals surface area contributed by atoms with Crippen molar-refractivity contribution in [3.05, 3.63) is 28.7 Å². The number of hydrogen-bond donors (Lipinski definition) is 2. The Kier molecular flexibility index (Phi) is 5.48. The van der Waals surface area contributed by atoms with Crippen molar-refractivity contribution in [2.75, 3.05) is 6.54 Å². The van der Waals surface area contributed by atoms with Crippen molar-refractivity contribution >= 4 is 18.3 Å². The van der Waals surface area contributed by atoms with Crippen molar-refractivity contribution in [3.63, 3.8) is 0 Å². The van der Waals surface area contributed by atoms with E-state index in [-0.39, 0.29) is 10.9 Å². The van der Waals surface area contributed by atoms with Crippen LogP contribution >= 0.6 is 0 Å². The predicted molar refractivity (Wildman–Crippen MR) is 82.4 cm³/mol. The van der Waals surface area contributed by atoms with Gasteiger partial charge in [-0.15, -0.1) is 0 Å². The first-order chi connectivity index (χ1) is 9.10. The minimum atomic E-state index is -1.63. The zero-order valence-corrected chi connectivity index (χ0v) is 13.1. The molecule has 0 saturated carbocycles. The summed E-state index contributed by atoms with van der Waals surface area (Å²) >= 11 is 0. The van der Waals surface area contributed by atoms with Gasteiger partial charge < -0.3 is 10.0 Å². The maximum absolute atomic E-state index is 12.3. The summed E-state index contributed by atoms with van der Waals surface area (Å²) in [4.78, 5) is 12.3. The van der Waals surface area contributed by atoms with E-state index in [1.165, 1.54) is 0 Å². The molecule has 0 aliphatic carbocycles. The Morgan fingerprint density at radius 1 is 1.25 bits per heavy atom. The minimum absolute atomic E-state index is 0.159. The molecular formula is C15H25BNO3+. The molecule has 0 unspecified atom stereocenters. The zero-order chi connectivity index (χ0) is 15.5. The van der Waals surface area contributed by atoms with Crippen LogP contribution in [0, 0.1) is 16.2 Å². The molecule has 0 aliphatic rings. The lowest BCUT2D eigenvalue weighted by Gasteiger charge is -2.13. The monoisotopic (exact) mass is 278 g/mol. The average molecular weight is 278 g/mol. The van der Waals surface area contributed by atoms with E-state index in [1.807, 2.05) is 26.8 Å². The van der Waals surface area contributed by atoms with Gasteiger partial charge >= 0.3 is 7.12 Å². The smallest absolute Gasteiger partial charge is 0.423 e. The molecule has 0 heterocycles. The van der Waals surface area contributed by atoms with Crippen LogP contribution in [0.3, 0.4) is 0 Å². The molecule has 4 nitrogen and oxygen atoms in total. The molecule has 5 heteroatoms. The van der Waals surface area contributed by atoms with Crippen molar-refractivity contribution < 1.29 is 14.8 Å². The molecule has 110 valence electrons. The standard InChI is InChI=1S/C15H25BNO3/c1-11(2)8-12-6-7-13(16(18)19)14(9-12)17(20)10-15(3,4)5/h6-7,9,11,18-19H,8,10H2,1-5H3/q+1. The molecule has 1 aromatic rings. The van der Waals surface area contributed by atoms with Gasteiger partial charge in [0, 0.05) is 21.1 Å². The van der Waals surface area contributed by atoms with Crippen LogP contribution in [-0.4, -0.2) is 28.5 Å². The van der Waals surface area contributed by atoms with Gasteiger partial charge in [-0.1, -0.05) is 46.8 Å². The van der Waals surface area contributed by atoms with Crippen LogP contribution < -0.4 is 5.46 Å². The van der Waals surface area contributed by atoms with E-state index in [4.69, 9.17) is 0 Å². The van der Waals surface area contributed by atoms with Crippen molar-refractivity contribution in [1.29, 1.82) is 0 Å². The van der Waals surface area contributed by atoms with Crippen LogP contribution in [0.4, 0.5) is 5.69 Å². The molecule has 1 aromatic carbocycles. The summed E-state index contributed by atoms with van der Waals surface area (Å²) in [6.07, 6.45) is 0.859. The molecular weight excluding hydrogens is 253 g/mol. The maximum Gasteiger partial charge on any atom is 0.495 e. The van der Waals surface area contributed by atoms with Gasteiger partial charge in [-0.2, -0.15) is 0 Å². The fourth-order valence-corrected chi connectivity index (χ4v) is 2.14. The molecule has 0 bridgehead atoms. The molecule has 1 rings (SSSR count). The first-order valence-corrected chi connectivity index (χ1v) is 7.04. The van der Waals surface area contributed by atoms with Gasteiger partial charge in [0.15, 0.2) is 0 Å². The Hall–Kier alpha value is -1.20. The van der Waals surface area contributed by atoms with Gasteiger partial charge in [-0.05, 0) is 17.9 Å². The van der Waals surface area contributed by atoms with Crippen LogP contribution in [0.1, 0.15) is 40.2 Å². The molecule has 0 amide bonds. The Bertz CT molecular complexity index is 478. The van der Waals surface area contributed by atoms with Gasteiger partial charge in [0.2, 0.25) is 6.54 Å². The molecule has 0 radical (unpaired) electrons. The highest BCUT2D eigenvalue weighted by Crippen LogP contribution is 2.20. The van der Waals surface area contributed by atoms with E-state index in [0.29, 0.717) is 18.2 Å². The van der Waals surface area contributed by atoms with Crippen LogP contribution in [0.5, 0.6) is 0 Å². The van der Waals surface area contributed by atoms with E-state index < -0.39 is 7.12 Å². The molecule has 0 aliphatic heterocycles. The van der Waals surface area contributed by atoms with Gasteiger partial charge in [-0.3, -0.25) is 0 Å². The van der Waals surface area contributed by atoms with Gasteiger partial charge in [0.25, 0.3) is 5.69 Å². The zero-order valence-electron chi connectivity index (χ0n) is 13.1. The van der Waals surface area contributed by atoms with Crippen molar-refractivity contribution in [1.82, 2.24) is 0 Å². The maximum atomic E-state index is 12.3. The largest absolute Gasteiger partial charge is 0.495 e. The minimum Gasteiger partial charge on any atom is -0.423 e. The van der Waals surface area contributed by atoms with E-state index in [9.17, 15) is 15.0 Å². The molecule has 0 aromatic heterocycles. The number of nitrogens with zero attached hydrogens (tertiary/aromatic N) is 1. The third-order valence-corrected chi connectivity index (χ3v) is 2.90. The van der Waals surface area contributed by atoms with Gasteiger partial charge in [-0.25, -0.2) is 0 Å². The third kappa shape index (κ3) is 5.06. The van der Waals surface area contributed by atoms with E-state index in [0.717, 1.165) is 16.7 Å². The quantitative estimate of drug-likeness (QED) is 0.640.